The highest BCUT2D eigenvalue weighted by atomic mass is 35.5. The molecule has 0 fully saturated rings. The van der Waals surface area contributed by atoms with Crippen LogP contribution in [0, 0.1) is 5.82 Å². The first-order chi connectivity index (χ1) is 16.1. The molecule has 3 amide bonds. The normalized spacial score (nSPS) is 14.4. The van der Waals surface area contributed by atoms with Gasteiger partial charge in [0.05, 0.1) is 22.2 Å². The number of rotatable bonds is 9. The van der Waals surface area contributed by atoms with E-state index in [4.69, 9.17) is 23.2 Å². The van der Waals surface area contributed by atoms with Crippen molar-refractivity contribution in [2.75, 3.05) is 13.1 Å². The maximum Gasteiger partial charge on any atom is 0.290 e. The van der Waals surface area contributed by atoms with E-state index in [1.54, 1.807) is 12.1 Å². The second-order valence-electron chi connectivity index (χ2n) is 8.05. The molecule has 3 rings (SSSR count). The lowest BCUT2D eigenvalue weighted by molar-refractivity contribution is -0.133. The molecule has 0 saturated heterocycles. The first-order valence-electron chi connectivity index (χ1n) is 10.6. The summed E-state index contributed by atoms with van der Waals surface area (Å²) in [5, 5.41) is 16.5. The number of aryl methyl sites for hydroxylation is 1. The number of carbonyl (C=O) groups excluding carboxylic acids is 3. The third-order valence-electron chi connectivity index (χ3n) is 5.36. The van der Waals surface area contributed by atoms with Crippen LogP contribution in [0.4, 0.5) is 4.39 Å². The van der Waals surface area contributed by atoms with Crippen LogP contribution in [-0.2, 0) is 27.3 Å². The minimum absolute atomic E-state index is 0.0854. The summed E-state index contributed by atoms with van der Waals surface area (Å²) in [6.45, 7) is 1.46. The lowest BCUT2D eigenvalue weighted by Gasteiger charge is -2.17. The van der Waals surface area contributed by atoms with Crippen LogP contribution in [0.3, 0.4) is 0 Å². The molecule has 3 N–H and O–H groups in total. The number of carbonyl (C=O) groups is 3. The van der Waals surface area contributed by atoms with Crippen LogP contribution >= 0.6 is 23.2 Å². The molecule has 2 aromatic rings. The van der Waals surface area contributed by atoms with Gasteiger partial charge in [-0.3, -0.25) is 14.4 Å². The van der Waals surface area contributed by atoms with Gasteiger partial charge in [0, 0.05) is 12.6 Å². The zero-order chi connectivity index (χ0) is 24.8. The number of aliphatic hydroxyl groups is 1. The van der Waals surface area contributed by atoms with Crippen LogP contribution < -0.4 is 10.6 Å². The highest BCUT2D eigenvalue weighted by Crippen LogP contribution is 2.23. The van der Waals surface area contributed by atoms with Crippen LogP contribution in [0.15, 0.2) is 53.8 Å². The van der Waals surface area contributed by atoms with E-state index in [2.05, 4.69) is 10.6 Å². The van der Waals surface area contributed by atoms with Crippen molar-refractivity contribution in [2.24, 2.45) is 0 Å². The van der Waals surface area contributed by atoms with Gasteiger partial charge in [-0.2, -0.15) is 0 Å². The number of nitrogens with zero attached hydrogens (tertiary/aromatic N) is 1. The molecule has 7 nitrogen and oxygen atoms in total. The van der Waals surface area contributed by atoms with E-state index in [9.17, 15) is 23.9 Å². The van der Waals surface area contributed by atoms with Gasteiger partial charge < -0.3 is 20.6 Å². The van der Waals surface area contributed by atoms with Crippen molar-refractivity contribution in [2.45, 2.75) is 32.4 Å². The minimum Gasteiger partial charge on any atom is -0.503 e. The van der Waals surface area contributed by atoms with Crippen molar-refractivity contribution < 1.29 is 23.9 Å². The third kappa shape index (κ3) is 6.71. The Bertz CT molecular complexity index is 1120. The third-order valence-corrected chi connectivity index (χ3v) is 6.10. The standard InChI is InChI=1S/C24H24Cl2FN3O4/c1-14(2-3-15-6-9-19(25)20(26)10-15)29-23(33)18-12-30(24(34)22(18)32)13-21(31)28-11-16-4-7-17(27)8-5-16/h4-10,14,32H,2-3,11-13H2,1H3,(H,28,31)(H,29,33). The van der Waals surface area contributed by atoms with Crippen molar-refractivity contribution in [3.8, 4) is 0 Å². The Balaban J connectivity index is 1.48. The van der Waals surface area contributed by atoms with Crippen LogP contribution in [0.5, 0.6) is 0 Å². The van der Waals surface area contributed by atoms with Crippen LogP contribution in [0.1, 0.15) is 24.5 Å². The van der Waals surface area contributed by atoms with E-state index in [1.165, 1.54) is 24.3 Å². The summed E-state index contributed by atoms with van der Waals surface area (Å²) in [6.07, 6.45) is 1.24. The molecule has 0 bridgehead atoms. The molecule has 10 heteroatoms. The molecular formula is C24H24Cl2FN3O4. The molecule has 1 aliphatic rings. The van der Waals surface area contributed by atoms with Gasteiger partial charge in [0.2, 0.25) is 5.91 Å². The fourth-order valence-electron chi connectivity index (χ4n) is 3.42. The van der Waals surface area contributed by atoms with E-state index >= 15 is 0 Å². The van der Waals surface area contributed by atoms with Gasteiger partial charge in [0.15, 0.2) is 5.76 Å². The molecule has 34 heavy (non-hydrogen) atoms. The van der Waals surface area contributed by atoms with Crippen LogP contribution in [0.2, 0.25) is 10.0 Å². The molecule has 1 aliphatic heterocycles. The second kappa shape index (κ2) is 11.4. The van der Waals surface area contributed by atoms with Gasteiger partial charge in [-0.15, -0.1) is 0 Å². The maximum atomic E-state index is 13.0. The number of amides is 3. The molecule has 0 aromatic heterocycles. The van der Waals surface area contributed by atoms with Gasteiger partial charge in [-0.1, -0.05) is 41.4 Å². The molecule has 1 heterocycles. The fourth-order valence-corrected chi connectivity index (χ4v) is 3.74. The molecule has 0 saturated carbocycles. The lowest BCUT2D eigenvalue weighted by Crippen LogP contribution is -2.40. The summed E-state index contributed by atoms with van der Waals surface area (Å²) in [7, 11) is 0. The highest BCUT2D eigenvalue weighted by molar-refractivity contribution is 6.42. The van der Waals surface area contributed by atoms with Crippen molar-refractivity contribution in [3.63, 3.8) is 0 Å². The zero-order valence-corrected chi connectivity index (χ0v) is 19.9. The Morgan fingerprint density at radius 2 is 1.79 bits per heavy atom. The summed E-state index contributed by atoms with van der Waals surface area (Å²) >= 11 is 11.9. The number of benzene rings is 2. The summed E-state index contributed by atoms with van der Waals surface area (Å²) in [5.41, 5.74) is 1.57. The Kier molecular flexibility index (Phi) is 8.52. The van der Waals surface area contributed by atoms with Crippen molar-refractivity contribution in [3.05, 3.63) is 80.8 Å². The van der Waals surface area contributed by atoms with Crippen molar-refractivity contribution >= 4 is 40.9 Å². The van der Waals surface area contributed by atoms with E-state index in [0.29, 0.717) is 28.5 Å². The van der Waals surface area contributed by atoms with Gasteiger partial charge in [0.25, 0.3) is 11.8 Å². The molecular weight excluding hydrogens is 484 g/mol. The monoisotopic (exact) mass is 507 g/mol. The summed E-state index contributed by atoms with van der Waals surface area (Å²) in [4.78, 5) is 38.2. The molecule has 1 unspecified atom stereocenters. The molecule has 0 aliphatic carbocycles. The Morgan fingerprint density at radius 3 is 2.47 bits per heavy atom. The summed E-state index contributed by atoms with van der Waals surface area (Å²) in [6, 6.07) is 10.7. The van der Waals surface area contributed by atoms with Gasteiger partial charge in [-0.05, 0) is 55.2 Å². The first-order valence-corrected chi connectivity index (χ1v) is 11.4. The van der Waals surface area contributed by atoms with E-state index < -0.39 is 23.5 Å². The molecule has 0 radical (unpaired) electrons. The second-order valence-corrected chi connectivity index (χ2v) is 8.87. The Hall–Kier alpha value is -3.10. The average Bonchev–Trinajstić information content (AvgIpc) is 3.08. The fraction of sp³-hybridized carbons (Fsp3) is 0.292. The molecule has 1 atom stereocenters. The Labute approximate surface area is 206 Å². The van der Waals surface area contributed by atoms with E-state index in [-0.39, 0.29) is 37.1 Å². The number of halogens is 3. The smallest absolute Gasteiger partial charge is 0.290 e. The van der Waals surface area contributed by atoms with Gasteiger partial charge in [-0.25, -0.2) is 4.39 Å². The van der Waals surface area contributed by atoms with E-state index in [0.717, 1.165) is 10.5 Å². The number of aliphatic hydroxyl groups excluding tert-OH is 1. The average molecular weight is 508 g/mol. The summed E-state index contributed by atoms with van der Waals surface area (Å²) < 4.78 is 13.0. The largest absolute Gasteiger partial charge is 0.503 e. The van der Waals surface area contributed by atoms with Crippen LogP contribution in [0.25, 0.3) is 0 Å². The first kappa shape index (κ1) is 25.5. The SMILES string of the molecule is CC(CCc1ccc(Cl)c(Cl)c1)NC(=O)C1=C(O)C(=O)N(CC(=O)NCc2ccc(F)cc2)C1. The number of hydrogen-bond acceptors (Lipinski definition) is 4. The highest BCUT2D eigenvalue weighted by Gasteiger charge is 2.35. The summed E-state index contributed by atoms with van der Waals surface area (Å²) in [5.74, 6) is -2.87. The van der Waals surface area contributed by atoms with Gasteiger partial charge in [0.1, 0.15) is 12.4 Å². The Morgan fingerprint density at radius 1 is 1.12 bits per heavy atom. The van der Waals surface area contributed by atoms with Crippen molar-refractivity contribution in [1.29, 1.82) is 0 Å². The topological polar surface area (TPSA) is 98.7 Å². The minimum atomic E-state index is -0.787. The van der Waals surface area contributed by atoms with E-state index in [1.807, 2.05) is 13.0 Å². The maximum absolute atomic E-state index is 13.0. The lowest BCUT2D eigenvalue weighted by atomic mass is 10.1. The van der Waals surface area contributed by atoms with Crippen LogP contribution in [-0.4, -0.2) is 46.9 Å². The van der Waals surface area contributed by atoms with Crippen molar-refractivity contribution in [1.82, 2.24) is 15.5 Å². The molecule has 0 spiro atoms. The molecule has 180 valence electrons. The van der Waals surface area contributed by atoms with Gasteiger partial charge >= 0.3 is 0 Å². The quantitative estimate of drug-likeness (QED) is 0.483. The predicted octanol–water partition coefficient (Wildman–Crippen LogP) is 3.54. The predicted molar refractivity (Wildman–Crippen MR) is 127 cm³/mol. The zero-order valence-electron chi connectivity index (χ0n) is 18.4. The number of hydrogen-bond donors (Lipinski definition) is 3. The molecule has 2 aromatic carbocycles. The number of nitrogens with one attached hydrogen (secondary N) is 2.